The Balaban J connectivity index is 2.12. The molecule has 2 aromatic rings. The van der Waals surface area contributed by atoms with E-state index in [4.69, 9.17) is 5.11 Å². The molecule has 1 aromatic heterocycles. The number of hydrogen-bond acceptors (Lipinski definition) is 3. The van der Waals surface area contributed by atoms with E-state index in [2.05, 4.69) is 36.1 Å². The van der Waals surface area contributed by atoms with Gasteiger partial charge in [0.1, 0.15) is 5.82 Å². The molecule has 6 nitrogen and oxygen atoms in total. The van der Waals surface area contributed by atoms with Crippen LogP contribution in [0.2, 0.25) is 0 Å². The van der Waals surface area contributed by atoms with Crippen LogP contribution in [-0.2, 0) is 15.0 Å². The van der Waals surface area contributed by atoms with Crippen molar-refractivity contribution in [3.8, 4) is 0 Å². The van der Waals surface area contributed by atoms with Crippen LogP contribution in [0.3, 0.4) is 0 Å². The molecule has 1 aromatic carbocycles. The number of amides is 1. The summed E-state index contributed by atoms with van der Waals surface area (Å²) in [5.74, 6) is -0.207. The number of nitrogens with zero attached hydrogens (tertiary/aromatic N) is 1. The second kappa shape index (κ2) is 6.26. The molecule has 0 atom stereocenters. The Labute approximate surface area is 141 Å². The van der Waals surface area contributed by atoms with Crippen molar-refractivity contribution in [3.63, 3.8) is 0 Å². The molecular formula is C18H25N3O3. The third-order valence-electron chi connectivity index (χ3n) is 3.74. The van der Waals surface area contributed by atoms with E-state index >= 15 is 0 Å². The van der Waals surface area contributed by atoms with Crippen LogP contribution in [0.5, 0.6) is 0 Å². The number of carboxylic acids is 1. The van der Waals surface area contributed by atoms with E-state index in [9.17, 15) is 9.59 Å². The molecule has 0 aliphatic heterocycles. The Kier molecular flexibility index (Phi) is 4.69. The maximum absolute atomic E-state index is 12.2. The van der Waals surface area contributed by atoms with Crippen molar-refractivity contribution in [2.75, 3.05) is 5.32 Å². The Hall–Kier alpha value is -2.37. The summed E-state index contributed by atoms with van der Waals surface area (Å²) in [4.78, 5) is 30.9. The maximum Gasteiger partial charge on any atom is 0.303 e. The van der Waals surface area contributed by atoms with Gasteiger partial charge in [0, 0.05) is 17.5 Å². The van der Waals surface area contributed by atoms with Gasteiger partial charge in [0.25, 0.3) is 0 Å². The van der Waals surface area contributed by atoms with E-state index in [1.54, 1.807) is 19.9 Å². The highest BCUT2D eigenvalue weighted by molar-refractivity contribution is 5.93. The van der Waals surface area contributed by atoms with Crippen molar-refractivity contribution in [3.05, 3.63) is 24.0 Å². The Morgan fingerprint density at radius 2 is 1.83 bits per heavy atom. The number of aromatic nitrogens is 2. The van der Waals surface area contributed by atoms with Crippen molar-refractivity contribution in [2.24, 2.45) is 5.41 Å². The number of anilines is 1. The smallest absolute Gasteiger partial charge is 0.303 e. The molecule has 0 aliphatic carbocycles. The van der Waals surface area contributed by atoms with Crippen molar-refractivity contribution in [1.82, 2.24) is 9.97 Å². The lowest BCUT2D eigenvalue weighted by Gasteiger charge is -2.21. The number of hydrogen-bond donors (Lipinski definition) is 3. The fraction of sp³-hybridized carbons (Fsp3) is 0.500. The summed E-state index contributed by atoms with van der Waals surface area (Å²) in [6.07, 6.45) is 0.0997. The number of fused-ring (bicyclic) bond motifs is 1. The molecule has 0 aliphatic rings. The number of nitrogens with one attached hydrogen (secondary N) is 2. The summed E-state index contributed by atoms with van der Waals surface area (Å²) in [5, 5.41) is 11.7. The summed E-state index contributed by atoms with van der Waals surface area (Å²) in [7, 11) is 0. The number of carbonyl (C=O) groups is 2. The lowest BCUT2D eigenvalue weighted by atomic mass is 9.85. The van der Waals surface area contributed by atoms with Crippen molar-refractivity contribution in [2.45, 2.75) is 52.9 Å². The van der Waals surface area contributed by atoms with Gasteiger partial charge >= 0.3 is 5.97 Å². The van der Waals surface area contributed by atoms with Gasteiger partial charge in [0.05, 0.1) is 17.5 Å². The van der Waals surface area contributed by atoms with Crippen LogP contribution in [-0.4, -0.2) is 27.0 Å². The predicted octanol–water partition coefficient (Wildman–Crippen LogP) is 3.69. The summed E-state index contributed by atoms with van der Waals surface area (Å²) < 4.78 is 0. The molecule has 0 saturated carbocycles. The average molecular weight is 331 g/mol. The number of rotatable bonds is 5. The number of imidazole rings is 1. The molecule has 24 heavy (non-hydrogen) atoms. The van der Waals surface area contributed by atoms with Gasteiger partial charge in [0.2, 0.25) is 5.91 Å². The topological polar surface area (TPSA) is 95.1 Å². The highest BCUT2D eigenvalue weighted by Crippen LogP contribution is 2.27. The normalized spacial score (nSPS) is 12.4. The predicted molar refractivity (Wildman–Crippen MR) is 94.1 cm³/mol. The summed E-state index contributed by atoms with van der Waals surface area (Å²) >= 11 is 0. The van der Waals surface area contributed by atoms with Gasteiger partial charge in [-0.2, -0.15) is 0 Å². The third-order valence-corrected chi connectivity index (χ3v) is 3.74. The number of aromatic amines is 1. The minimum absolute atomic E-state index is 0.0467. The third kappa shape index (κ3) is 4.57. The van der Waals surface area contributed by atoms with Gasteiger partial charge in [-0.15, -0.1) is 0 Å². The molecule has 2 rings (SSSR count). The van der Waals surface area contributed by atoms with Crippen LogP contribution in [0.1, 0.15) is 53.3 Å². The van der Waals surface area contributed by atoms with E-state index in [0.717, 1.165) is 16.9 Å². The van der Waals surface area contributed by atoms with Crippen molar-refractivity contribution < 1.29 is 14.7 Å². The second-order valence-corrected chi connectivity index (χ2v) is 8.03. The highest BCUT2D eigenvalue weighted by Gasteiger charge is 2.25. The molecule has 3 N–H and O–H groups in total. The molecule has 0 fully saturated rings. The molecule has 1 amide bonds. The second-order valence-electron chi connectivity index (χ2n) is 8.03. The van der Waals surface area contributed by atoms with Crippen LogP contribution < -0.4 is 5.32 Å². The Bertz CT molecular complexity index is 769. The van der Waals surface area contributed by atoms with Gasteiger partial charge in [0.15, 0.2) is 0 Å². The van der Waals surface area contributed by atoms with Crippen LogP contribution in [0.25, 0.3) is 11.0 Å². The molecular weight excluding hydrogens is 306 g/mol. The van der Waals surface area contributed by atoms with Gasteiger partial charge in [-0.05, 0) is 23.6 Å². The van der Waals surface area contributed by atoms with E-state index < -0.39 is 11.4 Å². The molecule has 0 radical (unpaired) electrons. The number of H-pyrrole nitrogens is 1. The van der Waals surface area contributed by atoms with Crippen LogP contribution in [0.4, 0.5) is 5.69 Å². The minimum atomic E-state index is -0.901. The molecule has 0 unspecified atom stereocenters. The first-order valence-electron chi connectivity index (χ1n) is 7.98. The number of aliphatic carboxylic acids is 1. The number of carboxylic acid groups (broad SMARTS) is 1. The first-order valence-corrected chi connectivity index (χ1v) is 7.98. The fourth-order valence-corrected chi connectivity index (χ4v) is 2.55. The molecule has 0 bridgehead atoms. The zero-order valence-electron chi connectivity index (χ0n) is 14.9. The molecule has 1 heterocycles. The van der Waals surface area contributed by atoms with Crippen molar-refractivity contribution >= 4 is 28.6 Å². The first-order chi connectivity index (χ1) is 11.0. The lowest BCUT2D eigenvalue weighted by Crippen LogP contribution is -2.24. The fourth-order valence-electron chi connectivity index (χ4n) is 2.55. The lowest BCUT2D eigenvalue weighted by molar-refractivity contribution is -0.139. The van der Waals surface area contributed by atoms with Gasteiger partial charge in [-0.25, -0.2) is 4.98 Å². The van der Waals surface area contributed by atoms with E-state index in [1.807, 2.05) is 12.1 Å². The van der Waals surface area contributed by atoms with Gasteiger partial charge < -0.3 is 15.4 Å². The molecule has 130 valence electrons. The number of benzene rings is 1. The Morgan fingerprint density at radius 3 is 2.42 bits per heavy atom. The molecule has 0 saturated heterocycles. The number of carbonyl (C=O) groups excluding carboxylic acids is 1. The monoisotopic (exact) mass is 331 g/mol. The van der Waals surface area contributed by atoms with E-state index in [1.165, 1.54) is 0 Å². The maximum atomic E-state index is 12.2. The van der Waals surface area contributed by atoms with Crippen LogP contribution >= 0.6 is 0 Å². The van der Waals surface area contributed by atoms with Gasteiger partial charge in [-0.1, -0.05) is 34.6 Å². The summed E-state index contributed by atoms with van der Waals surface area (Å²) in [6, 6.07) is 5.51. The zero-order valence-corrected chi connectivity index (χ0v) is 14.9. The highest BCUT2D eigenvalue weighted by atomic mass is 16.4. The van der Waals surface area contributed by atoms with Crippen molar-refractivity contribution in [1.29, 1.82) is 0 Å². The standard InChI is InChI=1S/C18H25N3O3/c1-17(2,3)16-20-12-7-6-11(8-13(12)21-16)19-14(22)9-18(4,5)10-15(23)24/h6-8H,9-10H2,1-5H3,(H,19,22)(H,20,21)(H,23,24). The molecule has 0 spiro atoms. The Morgan fingerprint density at radius 1 is 1.17 bits per heavy atom. The average Bonchev–Trinajstić information content (AvgIpc) is 2.78. The van der Waals surface area contributed by atoms with Crippen LogP contribution in [0, 0.1) is 5.41 Å². The largest absolute Gasteiger partial charge is 0.481 e. The minimum Gasteiger partial charge on any atom is -0.481 e. The first kappa shape index (κ1) is 18.0. The zero-order chi connectivity index (χ0) is 18.1. The molecule has 6 heteroatoms. The quantitative estimate of drug-likeness (QED) is 0.778. The van der Waals surface area contributed by atoms with Gasteiger partial charge in [-0.3, -0.25) is 9.59 Å². The SMILES string of the molecule is CC(C)(CC(=O)O)CC(=O)Nc1ccc2nc(C(C)(C)C)[nH]c2c1. The van der Waals surface area contributed by atoms with E-state index in [0.29, 0.717) is 5.69 Å². The van der Waals surface area contributed by atoms with E-state index in [-0.39, 0.29) is 24.2 Å². The van der Waals surface area contributed by atoms with Crippen LogP contribution in [0.15, 0.2) is 18.2 Å². The summed E-state index contributed by atoms with van der Waals surface area (Å²) in [5.41, 5.74) is 1.71. The summed E-state index contributed by atoms with van der Waals surface area (Å²) in [6.45, 7) is 9.79.